The second-order valence-electron chi connectivity index (χ2n) is 9.64. The van der Waals surface area contributed by atoms with Crippen LogP contribution >= 0.6 is 11.6 Å². The molecule has 1 saturated heterocycles. The minimum Gasteiger partial charge on any atom is -0.444 e. The number of aryl methyl sites for hydroxylation is 1. The number of hydrogen-bond acceptors (Lipinski definition) is 5. The summed E-state index contributed by atoms with van der Waals surface area (Å²) in [7, 11) is 0. The normalized spacial score (nSPS) is 16.0. The van der Waals surface area contributed by atoms with Crippen molar-refractivity contribution in [2.45, 2.75) is 45.8 Å². The molecule has 0 spiro atoms. The smallest absolute Gasteiger partial charge is 0.410 e. The molecule has 3 N–H and O–H groups in total. The number of aromatic nitrogens is 1. The van der Waals surface area contributed by atoms with Gasteiger partial charge in [0.1, 0.15) is 11.4 Å². The lowest BCUT2D eigenvalue weighted by Crippen LogP contribution is -2.40. The molecule has 0 radical (unpaired) electrons. The largest absolute Gasteiger partial charge is 0.444 e. The number of nitrogen functional groups attached to an aromatic ring is 1. The maximum absolute atomic E-state index is 13.2. The van der Waals surface area contributed by atoms with E-state index in [1.54, 1.807) is 11.1 Å². The molecule has 4 rings (SSSR count). The average Bonchev–Trinajstić information content (AvgIpc) is 3.21. The minimum atomic E-state index is -0.567. The number of rotatable bonds is 3. The molecule has 0 unspecified atom stereocenters. The minimum absolute atomic E-state index is 0.161. The zero-order chi connectivity index (χ0) is 24.6. The Labute approximate surface area is 204 Å². The van der Waals surface area contributed by atoms with Gasteiger partial charge in [0, 0.05) is 41.3 Å². The average molecular weight is 481 g/mol. The second-order valence-corrected chi connectivity index (χ2v) is 10.0. The molecule has 2 aromatic carbocycles. The van der Waals surface area contributed by atoms with E-state index < -0.39 is 5.60 Å². The van der Waals surface area contributed by atoms with Crippen molar-refractivity contribution in [1.29, 1.82) is 0 Å². The number of ether oxygens (including phenoxy) is 1. The number of likely N-dealkylation sites (tertiary alicyclic amines) is 1. The van der Waals surface area contributed by atoms with Crippen molar-refractivity contribution in [2.75, 3.05) is 18.8 Å². The molecule has 7 nitrogen and oxygen atoms in total. The van der Waals surface area contributed by atoms with E-state index in [0.29, 0.717) is 35.5 Å². The first-order valence-corrected chi connectivity index (χ1v) is 11.6. The molecule has 178 valence electrons. The first-order valence-electron chi connectivity index (χ1n) is 11.3. The van der Waals surface area contributed by atoms with Gasteiger partial charge in [-0.2, -0.15) is 0 Å². The van der Waals surface area contributed by atoms with Crippen LogP contribution in [0.15, 0.2) is 42.6 Å². The zero-order valence-electron chi connectivity index (χ0n) is 19.8. The van der Waals surface area contributed by atoms with Crippen molar-refractivity contribution in [3.05, 3.63) is 58.7 Å². The molecule has 1 atom stereocenters. The molecule has 0 saturated carbocycles. The Kier molecular flexibility index (Phi) is 6.41. The van der Waals surface area contributed by atoms with Crippen LogP contribution < -0.4 is 11.1 Å². The highest BCUT2D eigenvalue weighted by Crippen LogP contribution is 2.34. The Bertz CT molecular complexity index is 1250. The van der Waals surface area contributed by atoms with E-state index >= 15 is 0 Å². The number of carbonyl (C=O) groups excluding carboxylic acids is 2. The number of carbonyl (C=O) groups is 2. The lowest BCUT2D eigenvalue weighted by atomic mass is 9.96. The van der Waals surface area contributed by atoms with Crippen LogP contribution in [0.4, 0.5) is 10.6 Å². The fourth-order valence-electron chi connectivity index (χ4n) is 4.26. The van der Waals surface area contributed by atoms with Crippen LogP contribution in [0, 0.1) is 6.92 Å². The van der Waals surface area contributed by atoms with E-state index in [1.807, 2.05) is 64.1 Å². The molecule has 2 heterocycles. The summed E-state index contributed by atoms with van der Waals surface area (Å²) in [5.74, 6) is -0.151. The molecule has 1 aliphatic rings. The monoisotopic (exact) mass is 480 g/mol. The number of fused-ring (bicyclic) bond motifs is 1. The van der Waals surface area contributed by atoms with Gasteiger partial charge in [0.05, 0.1) is 5.56 Å². The third kappa shape index (κ3) is 4.94. The summed E-state index contributed by atoms with van der Waals surface area (Å²) < 4.78 is 5.44. The van der Waals surface area contributed by atoms with Crippen LogP contribution in [-0.2, 0) is 4.74 Å². The van der Waals surface area contributed by atoms with Crippen LogP contribution in [0.5, 0.6) is 0 Å². The highest BCUT2D eigenvalue weighted by Gasteiger charge is 2.31. The molecular weight excluding hydrogens is 452 g/mol. The number of benzene rings is 2. The molecule has 34 heavy (non-hydrogen) atoms. The lowest BCUT2D eigenvalue weighted by Gasteiger charge is -2.24. The third-order valence-corrected chi connectivity index (χ3v) is 6.15. The number of amides is 2. The van der Waals surface area contributed by atoms with Gasteiger partial charge in [0.25, 0.3) is 5.91 Å². The van der Waals surface area contributed by atoms with Crippen molar-refractivity contribution < 1.29 is 14.3 Å². The number of hydrogen-bond donors (Lipinski definition) is 2. The van der Waals surface area contributed by atoms with E-state index in [1.165, 1.54) is 0 Å². The van der Waals surface area contributed by atoms with E-state index in [9.17, 15) is 9.59 Å². The van der Waals surface area contributed by atoms with Crippen LogP contribution in [0.3, 0.4) is 0 Å². The fraction of sp³-hybridized carbons (Fsp3) is 0.346. The van der Waals surface area contributed by atoms with E-state index in [0.717, 1.165) is 22.1 Å². The Morgan fingerprint density at radius 3 is 2.71 bits per heavy atom. The number of nitrogens with zero attached hydrogens (tertiary/aromatic N) is 2. The van der Waals surface area contributed by atoms with Gasteiger partial charge < -0.3 is 20.7 Å². The standard InChI is InChI=1S/C26H29ClN4O3/c1-15-6-5-7-20(27)21(15)16-8-9-19-17(12-16)13-29-23(28)22(19)24(32)30-18-10-11-31(14-18)25(33)34-26(2,3)4/h5-9,12-13,18H,10-11,14H2,1-4H3,(H2,28,29)(H,30,32)/t18-/m0/s1. The van der Waals surface area contributed by atoms with Gasteiger partial charge in [0.2, 0.25) is 0 Å². The molecule has 1 aromatic heterocycles. The molecule has 0 bridgehead atoms. The second kappa shape index (κ2) is 9.14. The first kappa shape index (κ1) is 23.8. The number of nitrogens with one attached hydrogen (secondary N) is 1. The zero-order valence-corrected chi connectivity index (χ0v) is 20.6. The lowest BCUT2D eigenvalue weighted by molar-refractivity contribution is 0.0290. The molecule has 2 amide bonds. The van der Waals surface area contributed by atoms with Crippen molar-refractivity contribution in [3.63, 3.8) is 0 Å². The van der Waals surface area contributed by atoms with E-state index in [-0.39, 0.29) is 23.9 Å². The van der Waals surface area contributed by atoms with Gasteiger partial charge in [-0.1, -0.05) is 35.9 Å². The summed E-state index contributed by atoms with van der Waals surface area (Å²) in [5.41, 5.74) is 8.84. The van der Waals surface area contributed by atoms with E-state index in [2.05, 4.69) is 10.3 Å². The number of halogens is 1. The Morgan fingerprint density at radius 1 is 1.24 bits per heavy atom. The first-order chi connectivity index (χ1) is 16.0. The summed E-state index contributed by atoms with van der Waals surface area (Å²) in [5, 5.41) is 5.17. The quantitative estimate of drug-likeness (QED) is 0.538. The van der Waals surface area contributed by atoms with Gasteiger partial charge in [0.15, 0.2) is 0 Å². The van der Waals surface area contributed by atoms with E-state index in [4.69, 9.17) is 22.1 Å². The van der Waals surface area contributed by atoms with Gasteiger partial charge >= 0.3 is 6.09 Å². The number of anilines is 1. The van der Waals surface area contributed by atoms with Crippen LogP contribution in [0.1, 0.15) is 43.1 Å². The Morgan fingerprint density at radius 2 is 2.00 bits per heavy atom. The number of nitrogens with two attached hydrogens (primary N) is 1. The summed E-state index contributed by atoms with van der Waals surface area (Å²) in [6.45, 7) is 8.39. The number of pyridine rings is 1. The summed E-state index contributed by atoms with van der Waals surface area (Å²) in [6.07, 6.45) is 1.92. The molecule has 8 heteroatoms. The molecule has 1 fully saturated rings. The van der Waals surface area contributed by atoms with Crippen LogP contribution in [-0.4, -0.2) is 46.6 Å². The molecular formula is C26H29ClN4O3. The maximum Gasteiger partial charge on any atom is 0.410 e. The Hall–Kier alpha value is -3.32. The highest BCUT2D eigenvalue weighted by molar-refractivity contribution is 6.33. The Balaban J connectivity index is 1.56. The molecule has 3 aromatic rings. The van der Waals surface area contributed by atoms with Crippen molar-refractivity contribution in [3.8, 4) is 11.1 Å². The van der Waals surface area contributed by atoms with Gasteiger partial charge in [-0.05, 0) is 62.8 Å². The van der Waals surface area contributed by atoms with Crippen LogP contribution in [0.2, 0.25) is 5.02 Å². The van der Waals surface area contributed by atoms with Gasteiger partial charge in [-0.15, -0.1) is 0 Å². The highest BCUT2D eigenvalue weighted by atomic mass is 35.5. The fourth-order valence-corrected chi connectivity index (χ4v) is 4.59. The predicted octanol–water partition coefficient (Wildman–Crippen LogP) is 5.19. The van der Waals surface area contributed by atoms with Crippen molar-refractivity contribution in [1.82, 2.24) is 15.2 Å². The topological polar surface area (TPSA) is 97.5 Å². The SMILES string of the molecule is Cc1cccc(Cl)c1-c1ccc2c(C(=O)N[C@H]3CCN(C(=O)OC(C)(C)C)C3)c(N)ncc2c1. The van der Waals surface area contributed by atoms with Gasteiger partial charge in [-0.3, -0.25) is 4.79 Å². The molecule has 0 aliphatic carbocycles. The maximum atomic E-state index is 13.2. The third-order valence-electron chi connectivity index (χ3n) is 5.83. The summed E-state index contributed by atoms with van der Waals surface area (Å²) >= 11 is 6.45. The summed E-state index contributed by atoms with van der Waals surface area (Å²) in [6, 6.07) is 11.4. The summed E-state index contributed by atoms with van der Waals surface area (Å²) in [4.78, 5) is 31.4. The predicted molar refractivity (Wildman–Crippen MR) is 135 cm³/mol. The molecule has 1 aliphatic heterocycles. The van der Waals surface area contributed by atoms with Crippen LogP contribution in [0.25, 0.3) is 21.9 Å². The van der Waals surface area contributed by atoms with Crippen molar-refractivity contribution >= 4 is 40.2 Å². The van der Waals surface area contributed by atoms with Crippen molar-refractivity contribution in [2.24, 2.45) is 0 Å². The van der Waals surface area contributed by atoms with Gasteiger partial charge in [-0.25, -0.2) is 9.78 Å².